The molecule has 4 nitrogen and oxygen atoms in total. The topological polar surface area (TPSA) is 49.6 Å². The Balaban J connectivity index is 2.49. The van der Waals surface area contributed by atoms with E-state index in [1.54, 1.807) is 17.1 Å². The second kappa shape index (κ2) is 6.71. The highest BCUT2D eigenvalue weighted by Crippen LogP contribution is 2.28. The monoisotopic (exact) mass is 251 g/mol. The minimum Gasteiger partial charge on any atom is -0.334 e. The molecule has 0 aromatic heterocycles. The van der Waals surface area contributed by atoms with E-state index in [9.17, 15) is 4.79 Å². The number of rotatable bonds is 7. The van der Waals surface area contributed by atoms with Crippen molar-refractivity contribution in [3.05, 3.63) is 25.3 Å². The zero-order valence-corrected chi connectivity index (χ0v) is 11.4. The van der Waals surface area contributed by atoms with E-state index in [-0.39, 0.29) is 11.3 Å². The van der Waals surface area contributed by atoms with Crippen LogP contribution in [0.4, 0.5) is 0 Å². The summed E-state index contributed by atoms with van der Waals surface area (Å²) in [5.41, 5.74) is 5.94. The van der Waals surface area contributed by atoms with Crippen LogP contribution in [0.25, 0.3) is 0 Å². The first-order valence-electron chi connectivity index (χ1n) is 6.46. The Morgan fingerprint density at radius 2 is 2.06 bits per heavy atom. The van der Waals surface area contributed by atoms with Gasteiger partial charge in [-0.3, -0.25) is 9.69 Å². The zero-order chi connectivity index (χ0) is 13.6. The molecule has 1 unspecified atom stereocenters. The summed E-state index contributed by atoms with van der Waals surface area (Å²) in [5.74, 6) is 0.135. The molecule has 1 rings (SSSR count). The Bertz CT molecular complexity index is 306. The lowest BCUT2D eigenvalue weighted by Crippen LogP contribution is -2.41. The number of carbonyl (C=O) groups is 1. The molecule has 0 radical (unpaired) electrons. The second-order valence-corrected chi connectivity index (χ2v) is 5.35. The minimum absolute atomic E-state index is 0.135. The Labute approximate surface area is 110 Å². The van der Waals surface area contributed by atoms with Crippen molar-refractivity contribution < 1.29 is 4.79 Å². The molecule has 18 heavy (non-hydrogen) atoms. The Kier molecular flexibility index (Phi) is 5.56. The number of nitrogens with two attached hydrogens (primary N) is 1. The van der Waals surface area contributed by atoms with Crippen LogP contribution in [0.15, 0.2) is 25.3 Å². The standard InChI is InChI=1S/C14H25N3O/c1-4-7-17(8-5-2)13(18)10-16-9-6-14(3,11-15)12-16/h4-5H,1-2,6-12,15H2,3H3. The largest absolute Gasteiger partial charge is 0.334 e. The van der Waals surface area contributed by atoms with Gasteiger partial charge in [0.25, 0.3) is 0 Å². The van der Waals surface area contributed by atoms with Crippen molar-refractivity contribution in [2.75, 3.05) is 39.3 Å². The van der Waals surface area contributed by atoms with Crippen LogP contribution in [0.1, 0.15) is 13.3 Å². The Hall–Kier alpha value is -1.13. The molecule has 0 spiro atoms. The van der Waals surface area contributed by atoms with Crippen LogP contribution in [0.2, 0.25) is 0 Å². The first-order valence-corrected chi connectivity index (χ1v) is 6.46. The second-order valence-electron chi connectivity index (χ2n) is 5.35. The third kappa shape index (κ3) is 3.96. The molecule has 102 valence electrons. The third-order valence-electron chi connectivity index (χ3n) is 3.54. The molecular weight excluding hydrogens is 226 g/mol. The normalized spacial score (nSPS) is 23.9. The SMILES string of the molecule is C=CCN(CC=C)C(=O)CN1CCC(C)(CN)C1. The van der Waals surface area contributed by atoms with Gasteiger partial charge in [0, 0.05) is 19.6 Å². The lowest BCUT2D eigenvalue weighted by Gasteiger charge is -2.25. The van der Waals surface area contributed by atoms with Gasteiger partial charge in [0.1, 0.15) is 0 Å². The van der Waals surface area contributed by atoms with Crippen molar-refractivity contribution in [2.24, 2.45) is 11.1 Å². The number of likely N-dealkylation sites (tertiary alicyclic amines) is 1. The number of amides is 1. The summed E-state index contributed by atoms with van der Waals surface area (Å²) in [6.07, 6.45) is 4.56. The minimum atomic E-state index is 0.135. The molecule has 1 fully saturated rings. The highest BCUT2D eigenvalue weighted by atomic mass is 16.2. The van der Waals surface area contributed by atoms with Gasteiger partial charge >= 0.3 is 0 Å². The first-order chi connectivity index (χ1) is 8.54. The summed E-state index contributed by atoms with van der Waals surface area (Å²) in [7, 11) is 0. The van der Waals surface area contributed by atoms with Gasteiger partial charge < -0.3 is 10.6 Å². The van der Waals surface area contributed by atoms with Gasteiger partial charge in [-0.25, -0.2) is 0 Å². The smallest absolute Gasteiger partial charge is 0.237 e. The summed E-state index contributed by atoms with van der Waals surface area (Å²) in [6.45, 7) is 13.7. The summed E-state index contributed by atoms with van der Waals surface area (Å²) in [5, 5.41) is 0. The van der Waals surface area contributed by atoms with Crippen molar-refractivity contribution in [3.63, 3.8) is 0 Å². The van der Waals surface area contributed by atoms with Crippen LogP contribution < -0.4 is 5.73 Å². The molecule has 1 aliphatic heterocycles. The van der Waals surface area contributed by atoms with Crippen molar-refractivity contribution in [1.29, 1.82) is 0 Å². The quantitative estimate of drug-likeness (QED) is 0.683. The fourth-order valence-electron chi connectivity index (χ4n) is 2.31. The van der Waals surface area contributed by atoms with Crippen LogP contribution in [0.3, 0.4) is 0 Å². The van der Waals surface area contributed by atoms with E-state index in [4.69, 9.17) is 5.73 Å². The van der Waals surface area contributed by atoms with Gasteiger partial charge in [-0.2, -0.15) is 0 Å². The van der Waals surface area contributed by atoms with Crippen molar-refractivity contribution >= 4 is 5.91 Å². The van der Waals surface area contributed by atoms with Crippen LogP contribution in [-0.2, 0) is 4.79 Å². The maximum atomic E-state index is 12.1. The lowest BCUT2D eigenvalue weighted by atomic mass is 9.90. The number of hydrogen-bond acceptors (Lipinski definition) is 3. The van der Waals surface area contributed by atoms with Crippen LogP contribution >= 0.6 is 0 Å². The van der Waals surface area contributed by atoms with Gasteiger partial charge in [-0.05, 0) is 24.9 Å². The Morgan fingerprint density at radius 3 is 2.50 bits per heavy atom. The number of carbonyl (C=O) groups excluding carboxylic acids is 1. The lowest BCUT2D eigenvalue weighted by molar-refractivity contribution is -0.131. The van der Waals surface area contributed by atoms with Crippen molar-refractivity contribution in [1.82, 2.24) is 9.80 Å². The molecule has 1 aliphatic rings. The average molecular weight is 251 g/mol. The van der Waals surface area contributed by atoms with Gasteiger partial charge in [0.15, 0.2) is 0 Å². The number of nitrogens with zero attached hydrogens (tertiary/aromatic N) is 2. The highest BCUT2D eigenvalue weighted by Gasteiger charge is 2.33. The van der Waals surface area contributed by atoms with Crippen LogP contribution in [0, 0.1) is 5.41 Å². The van der Waals surface area contributed by atoms with E-state index in [0.717, 1.165) is 19.5 Å². The average Bonchev–Trinajstić information content (AvgIpc) is 2.71. The molecule has 2 N–H and O–H groups in total. The molecule has 0 aromatic carbocycles. The molecule has 1 saturated heterocycles. The highest BCUT2D eigenvalue weighted by molar-refractivity contribution is 5.78. The van der Waals surface area contributed by atoms with E-state index >= 15 is 0 Å². The van der Waals surface area contributed by atoms with Gasteiger partial charge in [-0.15, -0.1) is 13.2 Å². The predicted molar refractivity (Wildman–Crippen MR) is 75.2 cm³/mol. The summed E-state index contributed by atoms with van der Waals surface area (Å²) in [6, 6.07) is 0. The fourth-order valence-corrected chi connectivity index (χ4v) is 2.31. The van der Waals surface area contributed by atoms with E-state index in [0.29, 0.717) is 26.2 Å². The molecule has 0 aromatic rings. The molecule has 0 bridgehead atoms. The predicted octanol–water partition coefficient (Wildman–Crippen LogP) is 0.858. The number of hydrogen-bond donors (Lipinski definition) is 1. The molecule has 4 heteroatoms. The molecule has 1 amide bonds. The molecule has 1 heterocycles. The molecule has 1 atom stereocenters. The molecule has 0 saturated carbocycles. The van der Waals surface area contributed by atoms with Gasteiger partial charge in [0.2, 0.25) is 5.91 Å². The summed E-state index contributed by atoms with van der Waals surface area (Å²) < 4.78 is 0. The molecule has 0 aliphatic carbocycles. The van der Waals surface area contributed by atoms with Gasteiger partial charge in [-0.1, -0.05) is 19.1 Å². The zero-order valence-electron chi connectivity index (χ0n) is 11.4. The van der Waals surface area contributed by atoms with E-state index in [1.165, 1.54) is 0 Å². The Morgan fingerprint density at radius 1 is 1.44 bits per heavy atom. The van der Waals surface area contributed by atoms with E-state index in [2.05, 4.69) is 25.0 Å². The van der Waals surface area contributed by atoms with Crippen molar-refractivity contribution in [3.8, 4) is 0 Å². The summed E-state index contributed by atoms with van der Waals surface area (Å²) in [4.78, 5) is 16.1. The van der Waals surface area contributed by atoms with E-state index < -0.39 is 0 Å². The summed E-state index contributed by atoms with van der Waals surface area (Å²) >= 11 is 0. The van der Waals surface area contributed by atoms with Gasteiger partial charge in [0.05, 0.1) is 6.54 Å². The molecular formula is C14H25N3O. The van der Waals surface area contributed by atoms with Crippen LogP contribution in [0.5, 0.6) is 0 Å². The third-order valence-corrected chi connectivity index (χ3v) is 3.54. The van der Waals surface area contributed by atoms with Crippen LogP contribution in [-0.4, -0.2) is 55.0 Å². The van der Waals surface area contributed by atoms with Crippen molar-refractivity contribution in [2.45, 2.75) is 13.3 Å². The fraction of sp³-hybridized carbons (Fsp3) is 0.643. The maximum Gasteiger partial charge on any atom is 0.237 e. The van der Waals surface area contributed by atoms with E-state index in [1.807, 2.05) is 0 Å². The maximum absolute atomic E-state index is 12.1. The first kappa shape index (κ1) is 14.9.